The molecule has 0 fully saturated rings. The van der Waals surface area contributed by atoms with E-state index in [2.05, 4.69) is 36.7 Å². The quantitative estimate of drug-likeness (QED) is 0.744. The van der Waals surface area contributed by atoms with Crippen molar-refractivity contribution in [3.63, 3.8) is 0 Å². The Balaban J connectivity index is 1.49. The van der Waals surface area contributed by atoms with Crippen molar-refractivity contribution in [2.75, 3.05) is 13.2 Å². The van der Waals surface area contributed by atoms with Crippen LogP contribution in [-0.2, 0) is 13.1 Å². The van der Waals surface area contributed by atoms with Crippen molar-refractivity contribution in [3.8, 4) is 11.5 Å². The number of aromatic nitrogens is 2. The Kier molecular flexibility index (Phi) is 4.16. The van der Waals surface area contributed by atoms with Crippen LogP contribution >= 0.6 is 15.9 Å². The second-order valence-electron chi connectivity index (χ2n) is 5.78. The first-order valence-electron chi connectivity index (χ1n) is 7.93. The molecule has 0 saturated heterocycles. The summed E-state index contributed by atoms with van der Waals surface area (Å²) in [6.45, 7) is 4.73. The highest BCUT2D eigenvalue weighted by Gasteiger charge is 2.16. The number of fused-ring (bicyclic) bond motifs is 2. The molecule has 124 valence electrons. The van der Waals surface area contributed by atoms with E-state index in [1.807, 2.05) is 37.4 Å². The van der Waals surface area contributed by atoms with E-state index in [1.165, 1.54) is 5.69 Å². The average Bonchev–Trinajstić information content (AvgIpc) is 2.91. The summed E-state index contributed by atoms with van der Waals surface area (Å²) in [6.07, 6.45) is 2.05. The highest BCUT2D eigenvalue weighted by Crippen LogP contribution is 2.38. The van der Waals surface area contributed by atoms with Crippen molar-refractivity contribution in [3.05, 3.63) is 58.0 Å². The van der Waals surface area contributed by atoms with Gasteiger partial charge >= 0.3 is 0 Å². The molecule has 3 heterocycles. The number of hydrogen-bond acceptors (Lipinski definition) is 4. The van der Waals surface area contributed by atoms with Gasteiger partial charge in [-0.3, -0.25) is 0 Å². The Bertz CT molecular complexity index is 891. The van der Waals surface area contributed by atoms with Crippen LogP contribution in [0.25, 0.3) is 5.65 Å². The van der Waals surface area contributed by atoms with Gasteiger partial charge in [0.25, 0.3) is 0 Å². The van der Waals surface area contributed by atoms with Gasteiger partial charge in [0, 0.05) is 19.3 Å². The third-order valence-electron chi connectivity index (χ3n) is 4.11. The number of aryl methyl sites for hydroxylation is 1. The van der Waals surface area contributed by atoms with Crippen molar-refractivity contribution in [2.45, 2.75) is 20.0 Å². The lowest BCUT2D eigenvalue weighted by atomic mass is 10.2. The number of pyridine rings is 1. The number of nitrogens with one attached hydrogen (secondary N) is 1. The van der Waals surface area contributed by atoms with Gasteiger partial charge in [-0.2, -0.15) is 0 Å². The maximum Gasteiger partial charge on any atom is 0.175 e. The SMILES string of the molecule is Cc1nc2ccccn2c1CNCc1cc(Br)c2c(c1)OCCO2. The lowest BCUT2D eigenvalue weighted by Gasteiger charge is -2.20. The smallest absolute Gasteiger partial charge is 0.175 e. The first kappa shape index (κ1) is 15.5. The number of benzene rings is 1. The zero-order valence-corrected chi connectivity index (χ0v) is 15.0. The van der Waals surface area contributed by atoms with Gasteiger partial charge < -0.3 is 19.2 Å². The van der Waals surface area contributed by atoms with E-state index in [-0.39, 0.29) is 0 Å². The molecule has 0 saturated carbocycles. The monoisotopic (exact) mass is 387 g/mol. The first-order chi connectivity index (χ1) is 11.7. The van der Waals surface area contributed by atoms with Gasteiger partial charge in [0.1, 0.15) is 18.9 Å². The van der Waals surface area contributed by atoms with Gasteiger partial charge in [0.15, 0.2) is 11.5 Å². The lowest BCUT2D eigenvalue weighted by Crippen LogP contribution is -2.18. The molecule has 0 spiro atoms. The number of imidazole rings is 1. The zero-order chi connectivity index (χ0) is 16.5. The molecule has 0 aliphatic carbocycles. The minimum atomic E-state index is 0.594. The Morgan fingerprint density at radius 1 is 1.21 bits per heavy atom. The fourth-order valence-corrected chi connectivity index (χ4v) is 3.57. The van der Waals surface area contributed by atoms with Crippen LogP contribution in [0.1, 0.15) is 17.0 Å². The fraction of sp³-hybridized carbons (Fsp3) is 0.278. The highest BCUT2D eigenvalue weighted by molar-refractivity contribution is 9.10. The van der Waals surface area contributed by atoms with Crippen LogP contribution in [0.4, 0.5) is 0 Å². The van der Waals surface area contributed by atoms with Gasteiger partial charge in [0.2, 0.25) is 0 Å². The molecule has 1 aromatic carbocycles. The number of halogens is 1. The van der Waals surface area contributed by atoms with Crippen molar-refractivity contribution in [1.29, 1.82) is 0 Å². The van der Waals surface area contributed by atoms with Gasteiger partial charge in [0.05, 0.1) is 15.9 Å². The molecule has 0 unspecified atom stereocenters. The predicted molar refractivity (Wildman–Crippen MR) is 95.6 cm³/mol. The van der Waals surface area contributed by atoms with E-state index < -0.39 is 0 Å². The Morgan fingerprint density at radius 3 is 3.00 bits per heavy atom. The normalized spacial score (nSPS) is 13.4. The molecule has 0 radical (unpaired) electrons. The van der Waals surface area contributed by atoms with E-state index in [0.29, 0.717) is 13.2 Å². The van der Waals surface area contributed by atoms with E-state index in [0.717, 1.165) is 46.0 Å². The number of rotatable bonds is 4. The molecule has 0 amide bonds. The van der Waals surface area contributed by atoms with Gasteiger partial charge in [-0.1, -0.05) is 6.07 Å². The summed E-state index contributed by atoms with van der Waals surface area (Å²) in [5.74, 6) is 1.60. The third kappa shape index (κ3) is 2.87. The summed E-state index contributed by atoms with van der Waals surface area (Å²) in [7, 11) is 0. The molecule has 0 bridgehead atoms. The average molecular weight is 388 g/mol. The van der Waals surface area contributed by atoms with Crippen LogP contribution in [0.3, 0.4) is 0 Å². The van der Waals surface area contributed by atoms with Crippen LogP contribution in [-0.4, -0.2) is 22.6 Å². The first-order valence-corrected chi connectivity index (χ1v) is 8.73. The Morgan fingerprint density at radius 2 is 2.08 bits per heavy atom. The second-order valence-corrected chi connectivity index (χ2v) is 6.63. The zero-order valence-electron chi connectivity index (χ0n) is 13.4. The minimum Gasteiger partial charge on any atom is -0.486 e. The molecule has 0 atom stereocenters. The van der Waals surface area contributed by atoms with E-state index in [4.69, 9.17) is 9.47 Å². The summed E-state index contributed by atoms with van der Waals surface area (Å²) in [6, 6.07) is 10.2. The summed E-state index contributed by atoms with van der Waals surface area (Å²) in [5.41, 5.74) is 4.37. The molecule has 2 aromatic heterocycles. The summed E-state index contributed by atoms with van der Waals surface area (Å²) >= 11 is 3.56. The molecule has 1 aliphatic heterocycles. The highest BCUT2D eigenvalue weighted by atomic mass is 79.9. The molecule has 6 heteroatoms. The van der Waals surface area contributed by atoms with Gasteiger partial charge in [-0.05, 0) is 52.7 Å². The maximum absolute atomic E-state index is 5.68. The van der Waals surface area contributed by atoms with Crippen LogP contribution in [0.5, 0.6) is 11.5 Å². The lowest BCUT2D eigenvalue weighted by molar-refractivity contribution is 0.170. The van der Waals surface area contributed by atoms with Crippen LogP contribution in [0, 0.1) is 6.92 Å². The molecule has 1 N–H and O–H groups in total. The Hall–Kier alpha value is -2.05. The van der Waals surface area contributed by atoms with Crippen molar-refractivity contribution < 1.29 is 9.47 Å². The van der Waals surface area contributed by atoms with Crippen LogP contribution < -0.4 is 14.8 Å². The fourth-order valence-electron chi connectivity index (χ4n) is 2.97. The predicted octanol–water partition coefficient (Wildman–Crippen LogP) is 3.47. The summed E-state index contributed by atoms with van der Waals surface area (Å²) < 4.78 is 14.4. The van der Waals surface area contributed by atoms with Crippen molar-refractivity contribution >= 4 is 21.6 Å². The van der Waals surface area contributed by atoms with Crippen LogP contribution in [0.2, 0.25) is 0 Å². The minimum absolute atomic E-state index is 0.594. The molecular formula is C18H18BrN3O2. The molecule has 24 heavy (non-hydrogen) atoms. The molecule has 4 rings (SSSR count). The topological polar surface area (TPSA) is 47.8 Å². The third-order valence-corrected chi connectivity index (χ3v) is 4.70. The molecule has 3 aromatic rings. The standard InChI is InChI=1S/C18H18BrN3O2/c1-12-15(22-5-3-2-4-17(22)21-12)11-20-10-13-8-14(19)18-16(9-13)23-6-7-24-18/h2-5,8-9,20H,6-7,10-11H2,1H3. The second kappa shape index (κ2) is 6.45. The van der Waals surface area contributed by atoms with Crippen molar-refractivity contribution in [2.24, 2.45) is 0 Å². The molecule has 1 aliphatic rings. The largest absolute Gasteiger partial charge is 0.486 e. The van der Waals surface area contributed by atoms with Crippen LogP contribution in [0.15, 0.2) is 41.0 Å². The molecule has 5 nitrogen and oxygen atoms in total. The van der Waals surface area contributed by atoms with E-state index >= 15 is 0 Å². The van der Waals surface area contributed by atoms with Crippen molar-refractivity contribution in [1.82, 2.24) is 14.7 Å². The maximum atomic E-state index is 5.68. The molecular weight excluding hydrogens is 370 g/mol. The summed E-state index contributed by atoms with van der Waals surface area (Å²) in [5, 5.41) is 3.49. The van der Waals surface area contributed by atoms with Gasteiger partial charge in [-0.15, -0.1) is 0 Å². The van der Waals surface area contributed by atoms with Gasteiger partial charge in [-0.25, -0.2) is 4.98 Å². The number of ether oxygens (including phenoxy) is 2. The summed E-state index contributed by atoms with van der Waals surface area (Å²) in [4.78, 5) is 4.59. The van der Waals surface area contributed by atoms with E-state index in [1.54, 1.807) is 0 Å². The number of nitrogens with zero attached hydrogens (tertiary/aromatic N) is 2. The Labute approximate surface area is 148 Å². The van der Waals surface area contributed by atoms with E-state index in [9.17, 15) is 0 Å². The number of hydrogen-bond donors (Lipinski definition) is 1.